The predicted molar refractivity (Wildman–Crippen MR) is 109 cm³/mol. The van der Waals surface area contributed by atoms with E-state index in [-0.39, 0.29) is 17.8 Å². The maximum atomic E-state index is 12.9. The first kappa shape index (κ1) is 21.4. The third-order valence-electron chi connectivity index (χ3n) is 4.43. The first-order chi connectivity index (χ1) is 13.4. The van der Waals surface area contributed by atoms with Gasteiger partial charge in [-0.1, -0.05) is 38.1 Å². The lowest BCUT2D eigenvalue weighted by Gasteiger charge is -2.18. The predicted octanol–water partition coefficient (Wildman–Crippen LogP) is 3.91. The smallest absolute Gasteiger partial charge is 0.317 e. The van der Waals surface area contributed by atoms with Gasteiger partial charge in [0, 0.05) is 32.2 Å². The maximum absolute atomic E-state index is 12.9. The van der Waals surface area contributed by atoms with E-state index in [1.165, 1.54) is 29.8 Å². The Morgan fingerprint density at radius 2 is 1.57 bits per heavy atom. The minimum atomic E-state index is -0.376. The van der Waals surface area contributed by atoms with Crippen molar-refractivity contribution >= 4 is 11.9 Å². The van der Waals surface area contributed by atoms with Gasteiger partial charge < -0.3 is 15.5 Å². The second kappa shape index (κ2) is 10.4. The van der Waals surface area contributed by atoms with E-state index in [4.69, 9.17) is 0 Å². The molecular weight excluding hydrogens is 357 g/mol. The van der Waals surface area contributed by atoms with Crippen LogP contribution in [0.15, 0.2) is 48.5 Å². The molecular formula is C22H28FN3O2. The molecule has 0 aliphatic rings. The molecule has 0 bridgehead atoms. The van der Waals surface area contributed by atoms with E-state index < -0.39 is 0 Å². The van der Waals surface area contributed by atoms with Crippen LogP contribution in [0, 0.1) is 5.82 Å². The monoisotopic (exact) mass is 385 g/mol. The number of hydrogen-bond acceptors (Lipinski definition) is 2. The van der Waals surface area contributed by atoms with E-state index >= 15 is 0 Å². The number of carbonyl (C=O) groups is 2. The molecule has 5 nitrogen and oxygen atoms in total. The van der Waals surface area contributed by atoms with E-state index in [0.717, 1.165) is 5.56 Å². The number of benzene rings is 2. The first-order valence-electron chi connectivity index (χ1n) is 9.48. The van der Waals surface area contributed by atoms with Crippen LogP contribution in [-0.4, -0.2) is 37.0 Å². The molecule has 0 aliphatic heterocycles. The lowest BCUT2D eigenvalue weighted by molar-refractivity contribution is 0.0953. The Labute approximate surface area is 165 Å². The molecule has 0 aromatic heterocycles. The molecule has 0 fully saturated rings. The second-order valence-electron chi connectivity index (χ2n) is 7.10. The van der Waals surface area contributed by atoms with Crippen molar-refractivity contribution in [3.63, 3.8) is 0 Å². The summed E-state index contributed by atoms with van der Waals surface area (Å²) < 4.78 is 12.9. The Bertz CT molecular complexity index is 773. The summed E-state index contributed by atoms with van der Waals surface area (Å²) in [4.78, 5) is 25.7. The maximum Gasteiger partial charge on any atom is 0.317 e. The van der Waals surface area contributed by atoms with Crippen LogP contribution in [0.25, 0.3) is 0 Å². The van der Waals surface area contributed by atoms with Gasteiger partial charge in [-0.05, 0) is 47.7 Å². The summed E-state index contributed by atoms with van der Waals surface area (Å²) in [6, 6.07) is 13.5. The van der Waals surface area contributed by atoms with Gasteiger partial charge in [-0.25, -0.2) is 9.18 Å². The van der Waals surface area contributed by atoms with Crippen LogP contribution < -0.4 is 10.6 Å². The summed E-state index contributed by atoms with van der Waals surface area (Å²) in [7, 11) is 1.75. The minimum Gasteiger partial charge on any atom is -0.352 e. The molecule has 0 spiro atoms. The van der Waals surface area contributed by atoms with Crippen molar-refractivity contribution in [2.24, 2.45) is 0 Å². The van der Waals surface area contributed by atoms with Gasteiger partial charge in [-0.3, -0.25) is 4.79 Å². The zero-order chi connectivity index (χ0) is 20.5. The summed E-state index contributed by atoms with van der Waals surface area (Å²) in [5.41, 5.74) is 2.76. The molecule has 150 valence electrons. The number of nitrogens with one attached hydrogen (secondary N) is 2. The van der Waals surface area contributed by atoms with Crippen LogP contribution in [0.2, 0.25) is 0 Å². The Morgan fingerprint density at radius 3 is 2.18 bits per heavy atom. The van der Waals surface area contributed by atoms with E-state index in [1.807, 2.05) is 12.1 Å². The molecule has 3 amide bonds. The number of hydrogen-bond donors (Lipinski definition) is 2. The Hall–Kier alpha value is -2.89. The SMILES string of the molecule is CC(C)c1ccc(CN(C)C(=O)NCCCNC(=O)c2ccc(F)cc2)cc1. The van der Waals surface area contributed by atoms with Crippen LogP contribution in [0.5, 0.6) is 0 Å². The topological polar surface area (TPSA) is 61.4 Å². The zero-order valence-electron chi connectivity index (χ0n) is 16.7. The number of rotatable bonds is 8. The molecule has 0 aliphatic carbocycles. The lowest BCUT2D eigenvalue weighted by atomic mass is 10.0. The Kier molecular flexibility index (Phi) is 7.99. The van der Waals surface area contributed by atoms with Crippen LogP contribution in [0.3, 0.4) is 0 Å². The van der Waals surface area contributed by atoms with Gasteiger partial charge in [-0.15, -0.1) is 0 Å². The highest BCUT2D eigenvalue weighted by molar-refractivity contribution is 5.94. The fraction of sp³-hybridized carbons (Fsp3) is 0.364. The second-order valence-corrected chi connectivity index (χ2v) is 7.10. The molecule has 0 atom stereocenters. The molecule has 0 heterocycles. The van der Waals surface area contributed by atoms with E-state index in [0.29, 0.717) is 37.5 Å². The number of carbonyl (C=O) groups excluding carboxylic acids is 2. The molecule has 0 saturated carbocycles. The molecule has 0 saturated heterocycles. The van der Waals surface area contributed by atoms with Gasteiger partial charge >= 0.3 is 6.03 Å². The van der Waals surface area contributed by atoms with Crippen molar-refractivity contribution in [3.8, 4) is 0 Å². The van der Waals surface area contributed by atoms with Crippen LogP contribution in [0.4, 0.5) is 9.18 Å². The van der Waals surface area contributed by atoms with Crippen molar-refractivity contribution < 1.29 is 14.0 Å². The Morgan fingerprint density at radius 1 is 0.964 bits per heavy atom. The summed E-state index contributed by atoms with van der Waals surface area (Å²) in [5.74, 6) is -0.147. The third kappa shape index (κ3) is 6.68. The molecule has 6 heteroatoms. The van der Waals surface area contributed by atoms with Crippen molar-refractivity contribution in [1.82, 2.24) is 15.5 Å². The standard InChI is InChI=1S/C22H28FN3O2/c1-16(2)18-7-5-17(6-8-18)15-26(3)22(28)25-14-4-13-24-21(27)19-9-11-20(23)12-10-19/h5-12,16H,4,13-15H2,1-3H3,(H,24,27)(H,25,28). The number of amides is 3. The highest BCUT2D eigenvalue weighted by atomic mass is 19.1. The molecule has 2 aromatic rings. The van der Waals surface area contributed by atoms with Gasteiger partial charge in [0.1, 0.15) is 5.82 Å². The van der Waals surface area contributed by atoms with Crippen molar-refractivity contribution in [1.29, 1.82) is 0 Å². The molecule has 0 unspecified atom stereocenters. The summed E-state index contributed by atoms with van der Waals surface area (Å²) in [6.45, 7) is 5.72. The average Bonchev–Trinajstić information content (AvgIpc) is 2.68. The summed E-state index contributed by atoms with van der Waals surface area (Å²) in [6.07, 6.45) is 0.607. The van der Waals surface area contributed by atoms with Crippen LogP contribution in [-0.2, 0) is 6.54 Å². The van der Waals surface area contributed by atoms with Crippen molar-refractivity contribution in [2.75, 3.05) is 20.1 Å². The van der Waals surface area contributed by atoms with Gasteiger partial charge in [0.15, 0.2) is 0 Å². The van der Waals surface area contributed by atoms with Gasteiger partial charge in [0.25, 0.3) is 5.91 Å². The summed E-state index contributed by atoms with van der Waals surface area (Å²) >= 11 is 0. The van der Waals surface area contributed by atoms with Gasteiger partial charge in [-0.2, -0.15) is 0 Å². The van der Waals surface area contributed by atoms with E-state index in [2.05, 4.69) is 36.6 Å². The van der Waals surface area contributed by atoms with E-state index in [9.17, 15) is 14.0 Å². The normalized spacial score (nSPS) is 10.6. The van der Waals surface area contributed by atoms with Crippen LogP contribution in [0.1, 0.15) is 47.7 Å². The Balaban J connectivity index is 1.66. The molecule has 2 aromatic carbocycles. The fourth-order valence-electron chi connectivity index (χ4n) is 2.68. The lowest BCUT2D eigenvalue weighted by Crippen LogP contribution is -2.38. The molecule has 2 N–H and O–H groups in total. The third-order valence-corrected chi connectivity index (χ3v) is 4.43. The van der Waals surface area contributed by atoms with Gasteiger partial charge in [0.2, 0.25) is 0 Å². The van der Waals surface area contributed by atoms with Crippen LogP contribution >= 0.6 is 0 Å². The fourth-order valence-corrected chi connectivity index (χ4v) is 2.68. The molecule has 0 radical (unpaired) electrons. The van der Waals surface area contributed by atoms with Crippen molar-refractivity contribution in [2.45, 2.75) is 32.7 Å². The molecule has 28 heavy (non-hydrogen) atoms. The van der Waals surface area contributed by atoms with Crippen molar-refractivity contribution in [3.05, 3.63) is 71.0 Å². The minimum absolute atomic E-state index is 0.155. The number of nitrogens with zero attached hydrogens (tertiary/aromatic N) is 1. The molecule has 2 rings (SSSR count). The van der Waals surface area contributed by atoms with Gasteiger partial charge in [0.05, 0.1) is 0 Å². The number of urea groups is 1. The quantitative estimate of drug-likeness (QED) is 0.677. The zero-order valence-corrected chi connectivity index (χ0v) is 16.7. The highest BCUT2D eigenvalue weighted by Crippen LogP contribution is 2.15. The first-order valence-corrected chi connectivity index (χ1v) is 9.48. The highest BCUT2D eigenvalue weighted by Gasteiger charge is 2.09. The number of halogens is 1. The van der Waals surface area contributed by atoms with E-state index in [1.54, 1.807) is 11.9 Å². The summed E-state index contributed by atoms with van der Waals surface area (Å²) in [5, 5.41) is 5.59. The average molecular weight is 385 g/mol. The largest absolute Gasteiger partial charge is 0.352 e.